The van der Waals surface area contributed by atoms with Gasteiger partial charge in [0.25, 0.3) is 0 Å². The van der Waals surface area contributed by atoms with Crippen LogP contribution in [0.25, 0.3) is 0 Å². The van der Waals surface area contributed by atoms with E-state index in [1.54, 1.807) is 6.92 Å². The van der Waals surface area contributed by atoms with E-state index in [-0.39, 0.29) is 17.7 Å². The molecule has 90 valence electrons. The van der Waals surface area contributed by atoms with Crippen LogP contribution in [0.4, 0.5) is 0 Å². The normalized spacial score (nSPS) is 23.7. The zero-order valence-electron chi connectivity index (χ0n) is 9.89. The van der Waals surface area contributed by atoms with Gasteiger partial charge in [-0.2, -0.15) is 0 Å². The standard InChI is InChI=1S/C14H16O3/c1-2-17-14(16)12-9-8-11(13(12)15)10-6-4-3-5-7-10/h3-7,11-12H,2,8-9H2,1H3/t11-,12+/m0/s1. The Balaban J connectivity index is 2.10. The molecular formula is C14H16O3. The first-order chi connectivity index (χ1) is 8.24. The second-order valence-corrected chi connectivity index (χ2v) is 4.25. The highest BCUT2D eigenvalue weighted by molar-refractivity contribution is 6.03. The van der Waals surface area contributed by atoms with Gasteiger partial charge in [0.05, 0.1) is 6.61 Å². The number of esters is 1. The van der Waals surface area contributed by atoms with E-state index in [0.717, 1.165) is 12.0 Å². The number of carbonyl (C=O) groups is 2. The van der Waals surface area contributed by atoms with Gasteiger partial charge in [-0.3, -0.25) is 9.59 Å². The summed E-state index contributed by atoms with van der Waals surface area (Å²) in [6.45, 7) is 2.09. The Morgan fingerprint density at radius 2 is 2.00 bits per heavy atom. The monoisotopic (exact) mass is 232 g/mol. The minimum Gasteiger partial charge on any atom is -0.465 e. The summed E-state index contributed by atoms with van der Waals surface area (Å²) >= 11 is 0. The van der Waals surface area contributed by atoms with E-state index in [1.807, 2.05) is 30.3 Å². The molecular weight excluding hydrogens is 216 g/mol. The molecule has 2 atom stereocenters. The van der Waals surface area contributed by atoms with Crippen molar-refractivity contribution in [3.8, 4) is 0 Å². The van der Waals surface area contributed by atoms with Gasteiger partial charge in [0.15, 0.2) is 5.78 Å². The molecule has 0 saturated heterocycles. The molecule has 0 spiro atoms. The van der Waals surface area contributed by atoms with Crippen LogP contribution in [0.2, 0.25) is 0 Å². The van der Waals surface area contributed by atoms with Crippen molar-refractivity contribution >= 4 is 11.8 Å². The zero-order chi connectivity index (χ0) is 12.3. The molecule has 1 aliphatic rings. The molecule has 0 radical (unpaired) electrons. The van der Waals surface area contributed by atoms with E-state index in [1.165, 1.54) is 0 Å². The van der Waals surface area contributed by atoms with Gasteiger partial charge in [-0.15, -0.1) is 0 Å². The third-order valence-electron chi connectivity index (χ3n) is 3.20. The highest BCUT2D eigenvalue weighted by Gasteiger charge is 2.40. The van der Waals surface area contributed by atoms with E-state index < -0.39 is 5.92 Å². The lowest BCUT2D eigenvalue weighted by Gasteiger charge is -2.10. The molecule has 3 nitrogen and oxygen atoms in total. The summed E-state index contributed by atoms with van der Waals surface area (Å²) in [4.78, 5) is 23.7. The van der Waals surface area contributed by atoms with E-state index in [2.05, 4.69) is 0 Å². The van der Waals surface area contributed by atoms with Crippen LogP contribution < -0.4 is 0 Å². The Labute approximate surface area is 101 Å². The van der Waals surface area contributed by atoms with Crippen LogP contribution in [-0.2, 0) is 14.3 Å². The molecule has 0 amide bonds. The number of Topliss-reactive ketones (excluding diaryl/α,β-unsaturated/α-hetero) is 1. The second kappa shape index (κ2) is 5.13. The zero-order valence-corrected chi connectivity index (χ0v) is 9.89. The van der Waals surface area contributed by atoms with Crippen LogP contribution in [0.15, 0.2) is 30.3 Å². The van der Waals surface area contributed by atoms with Gasteiger partial charge in [0.2, 0.25) is 0 Å². The molecule has 0 heterocycles. The van der Waals surface area contributed by atoms with Crippen molar-refractivity contribution in [1.29, 1.82) is 0 Å². The highest BCUT2D eigenvalue weighted by Crippen LogP contribution is 2.35. The minimum absolute atomic E-state index is 0.00894. The Kier molecular flexibility index (Phi) is 3.57. The number of carbonyl (C=O) groups excluding carboxylic acids is 2. The molecule has 1 saturated carbocycles. The number of hydrogen-bond donors (Lipinski definition) is 0. The average molecular weight is 232 g/mol. The molecule has 0 N–H and O–H groups in total. The van der Waals surface area contributed by atoms with E-state index in [0.29, 0.717) is 13.0 Å². The number of rotatable bonds is 3. The molecule has 1 fully saturated rings. The molecule has 3 heteroatoms. The van der Waals surface area contributed by atoms with Gasteiger partial charge in [-0.1, -0.05) is 30.3 Å². The van der Waals surface area contributed by atoms with Crippen LogP contribution >= 0.6 is 0 Å². The molecule has 17 heavy (non-hydrogen) atoms. The van der Waals surface area contributed by atoms with Crippen molar-refractivity contribution in [2.24, 2.45) is 5.92 Å². The van der Waals surface area contributed by atoms with E-state index >= 15 is 0 Å². The smallest absolute Gasteiger partial charge is 0.316 e. The summed E-state index contributed by atoms with van der Waals surface area (Å²) in [7, 11) is 0. The molecule has 1 aromatic carbocycles. The molecule has 0 aliphatic heterocycles. The molecule has 0 aromatic heterocycles. The third kappa shape index (κ3) is 2.38. The largest absolute Gasteiger partial charge is 0.465 e. The molecule has 1 aromatic rings. The maximum absolute atomic E-state index is 12.1. The Bertz CT molecular complexity index is 411. The number of hydrogen-bond acceptors (Lipinski definition) is 3. The van der Waals surface area contributed by atoms with Gasteiger partial charge in [-0.05, 0) is 25.3 Å². The average Bonchev–Trinajstić information content (AvgIpc) is 2.72. The maximum Gasteiger partial charge on any atom is 0.316 e. The van der Waals surface area contributed by atoms with Gasteiger partial charge < -0.3 is 4.74 Å². The number of ketones is 1. The first kappa shape index (κ1) is 11.8. The maximum atomic E-state index is 12.1. The van der Waals surface area contributed by atoms with E-state index in [4.69, 9.17) is 4.74 Å². The Hall–Kier alpha value is -1.64. The second-order valence-electron chi connectivity index (χ2n) is 4.25. The van der Waals surface area contributed by atoms with Crippen LogP contribution in [0, 0.1) is 5.92 Å². The Morgan fingerprint density at radius 1 is 1.29 bits per heavy atom. The molecule has 1 aliphatic carbocycles. The van der Waals surface area contributed by atoms with Crippen molar-refractivity contribution in [2.45, 2.75) is 25.7 Å². The summed E-state index contributed by atoms with van der Waals surface area (Å²) in [5.74, 6) is -1.05. The van der Waals surface area contributed by atoms with Crippen LogP contribution in [0.1, 0.15) is 31.2 Å². The van der Waals surface area contributed by atoms with Gasteiger partial charge in [-0.25, -0.2) is 0 Å². The lowest BCUT2D eigenvalue weighted by atomic mass is 9.95. The first-order valence-corrected chi connectivity index (χ1v) is 5.99. The summed E-state index contributed by atoms with van der Waals surface area (Å²) in [5, 5.41) is 0. The minimum atomic E-state index is -0.555. The third-order valence-corrected chi connectivity index (χ3v) is 3.20. The van der Waals surface area contributed by atoms with Gasteiger partial charge in [0.1, 0.15) is 5.92 Å². The quantitative estimate of drug-likeness (QED) is 0.593. The van der Waals surface area contributed by atoms with Gasteiger partial charge in [0, 0.05) is 5.92 Å². The van der Waals surface area contributed by atoms with Crippen molar-refractivity contribution in [2.75, 3.05) is 6.61 Å². The van der Waals surface area contributed by atoms with Crippen LogP contribution in [0.3, 0.4) is 0 Å². The summed E-state index contributed by atoms with van der Waals surface area (Å²) in [5.41, 5.74) is 1.00. The van der Waals surface area contributed by atoms with Crippen molar-refractivity contribution in [3.05, 3.63) is 35.9 Å². The predicted molar refractivity (Wildman–Crippen MR) is 63.5 cm³/mol. The topological polar surface area (TPSA) is 43.4 Å². The fourth-order valence-corrected chi connectivity index (χ4v) is 2.35. The summed E-state index contributed by atoms with van der Waals surface area (Å²) < 4.78 is 4.92. The summed E-state index contributed by atoms with van der Waals surface area (Å²) in [6.07, 6.45) is 1.35. The SMILES string of the molecule is CCOC(=O)[C@@H]1CC[C@@H](c2ccccc2)C1=O. The molecule has 0 unspecified atom stereocenters. The molecule has 0 bridgehead atoms. The fourth-order valence-electron chi connectivity index (χ4n) is 2.35. The lowest BCUT2D eigenvalue weighted by Crippen LogP contribution is -2.23. The van der Waals surface area contributed by atoms with Crippen molar-refractivity contribution in [3.63, 3.8) is 0 Å². The fraction of sp³-hybridized carbons (Fsp3) is 0.429. The Morgan fingerprint density at radius 3 is 2.65 bits per heavy atom. The summed E-state index contributed by atoms with van der Waals surface area (Å²) in [6, 6.07) is 9.64. The lowest BCUT2D eigenvalue weighted by molar-refractivity contribution is -0.150. The van der Waals surface area contributed by atoms with E-state index in [9.17, 15) is 9.59 Å². The van der Waals surface area contributed by atoms with Crippen molar-refractivity contribution < 1.29 is 14.3 Å². The van der Waals surface area contributed by atoms with Gasteiger partial charge >= 0.3 is 5.97 Å². The van der Waals surface area contributed by atoms with Crippen LogP contribution in [0.5, 0.6) is 0 Å². The first-order valence-electron chi connectivity index (χ1n) is 5.99. The number of ether oxygens (including phenoxy) is 1. The van der Waals surface area contributed by atoms with Crippen molar-refractivity contribution in [1.82, 2.24) is 0 Å². The predicted octanol–water partition coefficient (Wildman–Crippen LogP) is 2.31. The number of benzene rings is 1. The highest BCUT2D eigenvalue weighted by atomic mass is 16.5. The molecule has 2 rings (SSSR count). The van der Waals surface area contributed by atoms with Crippen LogP contribution in [-0.4, -0.2) is 18.4 Å².